The Balaban J connectivity index is 4.00. The summed E-state index contributed by atoms with van der Waals surface area (Å²) in [6, 6.07) is -0.910. The number of rotatable bonds is 73. The number of unbranched alkanes of at least 4 members (excludes halogenated alkanes) is 56. The van der Waals surface area contributed by atoms with Crippen molar-refractivity contribution < 1.29 is 32.9 Å². The number of phosphoric acid groups is 1. The molecule has 8 nitrogen and oxygen atoms in total. The molecule has 0 aliphatic heterocycles. The van der Waals surface area contributed by atoms with Crippen LogP contribution in [0.15, 0.2) is 36.5 Å². The maximum atomic E-state index is 13.1. The van der Waals surface area contributed by atoms with Crippen molar-refractivity contribution in [2.24, 2.45) is 0 Å². The molecular weight excluding hydrogens is 1090 g/mol. The van der Waals surface area contributed by atoms with E-state index in [1.807, 2.05) is 27.2 Å². The third-order valence-electron chi connectivity index (χ3n) is 18.1. The summed E-state index contributed by atoms with van der Waals surface area (Å²) >= 11 is 0. The lowest BCUT2D eigenvalue weighted by atomic mass is 10.0. The van der Waals surface area contributed by atoms with Gasteiger partial charge in [0.25, 0.3) is 7.82 Å². The zero-order valence-electron chi connectivity index (χ0n) is 59.3. The molecule has 0 aliphatic carbocycles. The molecule has 3 atom stereocenters. The van der Waals surface area contributed by atoms with Crippen LogP contribution in [0.5, 0.6) is 0 Å². The maximum absolute atomic E-state index is 13.1. The van der Waals surface area contributed by atoms with E-state index >= 15 is 0 Å². The largest absolute Gasteiger partial charge is 0.756 e. The van der Waals surface area contributed by atoms with Gasteiger partial charge in [0.15, 0.2) is 0 Å². The molecule has 0 fully saturated rings. The SMILES string of the molecule is CCCCCCCCCCCCCCCCCCCCC/C=C/CC/C=C/CC/C=C/C(O)C(COP(=O)([O-])OCC[N+](C)(C)C)NC(=O)CCCCCCCCCCCCCCCCCCCCCCCCCCCCCCCCCCCCCC. The summed E-state index contributed by atoms with van der Waals surface area (Å²) in [6.45, 7) is 4.69. The Morgan fingerprint density at radius 1 is 0.391 bits per heavy atom. The predicted molar refractivity (Wildman–Crippen MR) is 381 cm³/mol. The fraction of sp³-hybridized carbons (Fsp3) is 0.910. The van der Waals surface area contributed by atoms with Crippen molar-refractivity contribution in [1.29, 1.82) is 0 Å². The normalized spacial score (nSPS) is 13.7. The number of likely N-dealkylation sites (N-methyl/N-ethyl adjacent to an activating group) is 1. The van der Waals surface area contributed by atoms with Gasteiger partial charge in [0.05, 0.1) is 39.9 Å². The molecule has 3 unspecified atom stereocenters. The molecule has 0 spiro atoms. The minimum atomic E-state index is -4.62. The number of hydrogen-bond acceptors (Lipinski definition) is 6. The number of nitrogens with zero attached hydrogens (tertiary/aromatic N) is 1. The molecule has 2 N–H and O–H groups in total. The van der Waals surface area contributed by atoms with Crippen molar-refractivity contribution in [3.63, 3.8) is 0 Å². The Bertz CT molecular complexity index is 1510. The van der Waals surface area contributed by atoms with E-state index in [-0.39, 0.29) is 12.5 Å². The first kappa shape index (κ1) is 85.7. The zero-order valence-corrected chi connectivity index (χ0v) is 60.2. The van der Waals surface area contributed by atoms with Crippen LogP contribution in [0.25, 0.3) is 0 Å². The summed E-state index contributed by atoms with van der Waals surface area (Å²) in [7, 11) is 1.25. The molecule has 9 heteroatoms. The van der Waals surface area contributed by atoms with Crippen LogP contribution in [0, 0.1) is 0 Å². The van der Waals surface area contributed by atoms with E-state index in [4.69, 9.17) is 9.05 Å². The molecule has 1 amide bonds. The Kier molecular flexibility index (Phi) is 68.1. The number of nitrogens with one attached hydrogen (secondary N) is 1. The molecule has 0 aliphatic rings. The highest BCUT2D eigenvalue weighted by Crippen LogP contribution is 2.38. The Morgan fingerprint density at radius 3 is 0.931 bits per heavy atom. The smallest absolute Gasteiger partial charge is 0.268 e. The van der Waals surface area contributed by atoms with Gasteiger partial charge in [-0.3, -0.25) is 9.36 Å². The number of aliphatic hydroxyl groups is 1. The molecular formula is C78H153N2O6P. The number of hydrogen-bond donors (Lipinski definition) is 2. The van der Waals surface area contributed by atoms with Crippen LogP contribution in [0.4, 0.5) is 0 Å². The van der Waals surface area contributed by atoms with E-state index in [2.05, 4.69) is 43.5 Å². The summed E-state index contributed by atoms with van der Waals surface area (Å²) in [5, 5.41) is 14.0. The fourth-order valence-corrected chi connectivity index (χ4v) is 12.8. The van der Waals surface area contributed by atoms with Crippen LogP contribution in [0.2, 0.25) is 0 Å². The second kappa shape index (κ2) is 69.1. The van der Waals surface area contributed by atoms with Crippen LogP contribution in [-0.2, 0) is 18.4 Å². The molecule has 0 aromatic heterocycles. The van der Waals surface area contributed by atoms with Crippen LogP contribution >= 0.6 is 7.82 Å². The Hall–Kier alpha value is -1.28. The molecule has 0 aromatic rings. The standard InChI is InChI=1S/C78H153N2O6P/c1-6-8-10-12-14-16-18-20-22-24-26-28-30-32-34-36-37-38-39-40-41-42-44-46-48-50-52-54-56-58-60-62-64-66-68-70-72-78(82)79-76(75-86-87(83,84)85-74-73-80(3,4)5)77(81)71-69-67-65-63-61-59-57-55-53-51-49-47-45-43-35-33-31-29-27-25-23-21-19-17-15-13-11-9-7-2/h53,55,61,63,69,71,76-77,81H,6-52,54,56-60,62,64-68,70,72-75H2,1-5H3,(H-,79,82,83,84)/b55-53+,63-61+,71-69+. The lowest BCUT2D eigenvalue weighted by molar-refractivity contribution is -0.870. The Labute approximate surface area is 544 Å². The van der Waals surface area contributed by atoms with Crippen molar-refractivity contribution in [1.82, 2.24) is 5.32 Å². The minimum Gasteiger partial charge on any atom is -0.756 e. The minimum absolute atomic E-state index is 0.00697. The quantitative estimate of drug-likeness (QED) is 0.0272. The Morgan fingerprint density at radius 2 is 0.644 bits per heavy atom. The van der Waals surface area contributed by atoms with Gasteiger partial charge >= 0.3 is 0 Å². The fourth-order valence-electron chi connectivity index (χ4n) is 12.1. The first-order valence-corrected chi connectivity index (χ1v) is 40.3. The third-order valence-corrected chi connectivity index (χ3v) is 19.0. The number of phosphoric ester groups is 1. The maximum Gasteiger partial charge on any atom is 0.268 e. The number of aliphatic hydroxyl groups excluding tert-OH is 1. The first-order chi connectivity index (χ1) is 42.5. The van der Waals surface area contributed by atoms with Crippen molar-refractivity contribution in [2.75, 3.05) is 40.9 Å². The van der Waals surface area contributed by atoms with E-state index in [0.29, 0.717) is 17.4 Å². The van der Waals surface area contributed by atoms with Gasteiger partial charge in [0, 0.05) is 6.42 Å². The number of amides is 1. The molecule has 516 valence electrons. The molecule has 87 heavy (non-hydrogen) atoms. The lowest BCUT2D eigenvalue weighted by Gasteiger charge is -2.29. The van der Waals surface area contributed by atoms with E-state index in [9.17, 15) is 19.4 Å². The zero-order chi connectivity index (χ0) is 63.4. The summed E-state index contributed by atoms with van der Waals surface area (Å²) in [6.07, 6.45) is 93.2. The van der Waals surface area contributed by atoms with Crippen LogP contribution in [-0.4, -0.2) is 68.5 Å². The highest BCUT2D eigenvalue weighted by molar-refractivity contribution is 7.45. The van der Waals surface area contributed by atoms with Crippen LogP contribution in [0.1, 0.15) is 406 Å². The molecule has 0 saturated carbocycles. The van der Waals surface area contributed by atoms with E-state index in [1.54, 1.807) is 6.08 Å². The summed E-state index contributed by atoms with van der Waals surface area (Å²) in [4.78, 5) is 25.7. The topological polar surface area (TPSA) is 108 Å². The van der Waals surface area contributed by atoms with Gasteiger partial charge in [-0.2, -0.15) is 0 Å². The second-order valence-electron chi connectivity index (χ2n) is 28.1. The third kappa shape index (κ3) is 72.0. The first-order valence-electron chi connectivity index (χ1n) is 38.9. The molecule has 0 aromatic carbocycles. The van der Waals surface area contributed by atoms with Crippen LogP contribution in [0.3, 0.4) is 0 Å². The van der Waals surface area contributed by atoms with Gasteiger partial charge < -0.3 is 28.8 Å². The average molecular weight is 1250 g/mol. The van der Waals surface area contributed by atoms with Crippen molar-refractivity contribution in [3.05, 3.63) is 36.5 Å². The molecule has 0 saturated heterocycles. The van der Waals surface area contributed by atoms with Gasteiger partial charge in [0.2, 0.25) is 5.91 Å². The molecule has 0 rings (SSSR count). The monoisotopic (exact) mass is 1250 g/mol. The van der Waals surface area contributed by atoms with Crippen LogP contribution < -0.4 is 10.2 Å². The van der Waals surface area contributed by atoms with Gasteiger partial charge in [-0.25, -0.2) is 0 Å². The van der Waals surface area contributed by atoms with Crippen molar-refractivity contribution in [3.8, 4) is 0 Å². The summed E-state index contributed by atoms with van der Waals surface area (Å²) < 4.78 is 23.5. The van der Waals surface area contributed by atoms with E-state index in [0.717, 1.165) is 44.9 Å². The molecule has 0 radical (unpaired) electrons. The lowest BCUT2D eigenvalue weighted by Crippen LogP contribution is -2.45. The number of carbonyl (C=O) groups is 1. The van der Waals surface area contributed by atoms with Gasteiger partial charge in [-0.1, -0.05) is 391 Å². The summed E-state index contributed by atoms with van der Waals surface area (Å²) in [5.74, 6) is -0.202. The highest BCUT2D eigenvalue weighted by atomic mass is 31.2. The highest BCUT2D eigenvalue weighted by Gasteiger charge is 2.23. The number of allylic oxidation sites excluding steroid dienone is 5. The van der Waals surface area contributed by atoms with E-state index in [1.165, 1.54) is 340 Å². The second-order valence-corrected chi connectivity index (χ2v) is 29.5. The average Bonchev–Trinajstić information content (AvgIpc) is 3.70. The van der Waals surface area contributed by atoms with Gasteiger partial charge in [0.1, 0.15) is 13.2 Å². The van der Waals surface area contributed by atoms with Crippen molar-refractivity contribution >= 4 is 13.7 Å². The predicted octanol–water partition coefficient (Wildman–Crippen LogP) is 24.5. The van der Waals surface area contributed by atoms with Gasteiger partial charge in [-0.05, 0) is 44.9 Å². The molecule has 0 heterocycles. The van der Waals surface area contributed by atoms with Crippen molar-refractivity contribution in [2.45, 2.75) is 418 Å². The number of quaternary nitrogens is 1. The van der Waals surface area contributed by atoms with Gasteiger partial charge in [-0.15, -0.1) is 0 Å². The van der Waals surface area contributed by atoms with E-state index < -0.39 is 26.6 Å². The molecule has 0 bridgehead atoms. The summed E-state index contributed by atoms with van der Waals surface area (Å²) in [5.41, 5.74) is 0. The number of carbonyl (C=O) groups excluding carboxylic acids is 1.